The minimum Gasteiger partial charge on any atom is -0.444 e. The Morgan fingerprint density at radius 1 is 0.705 bits per heavy atom. The van der Waals surface area contributed by atoms with E-state index in [4.69, 9.17) is 18.9 Å². The van der Waals surface area contributed by atoms with Crippen LogP contribution in [0.25, 0.3) is 0 Å². The summed E-state index contributed by atoms with van der Waals surface area (Å²) in [6.45, 7) is 7.34. The average Bonchev–Trinajstić information content (AvgIpc) is 3.03. The molecule has 0 unspecified atom stereocenters. The zero-order chi connectivity index (χ0) is 30.8. The number of piperidine rings is 1. The van der Waals surface area contributed by atoms with Gasteiger partial charge in [0, 0.05) is 5.25 Å². The summed E-state index contributed by atoms with van der Waals surface area (Å²) in [6.07, 6.45) is 4.37. The van der Waals surface area contributed by atoms with E-state index in [1.165, 1.54) is 19.3 Å². The molecule has 7 heteroatoms. The van der Waals surface area contributed by atoms with Crippen molar-refractivity contribution in [1.29, 1.82) is 0 Å². The average molecular weight is 618 g/mol. The molecule has 3 aromatic carbocycles. The fourth-order valence-corrected chi connectivity index (χ4v) is 7.55. The minimum absolute atomic E-state index is 0.283. The smallest absolute Gasteiger partial charge is 0.411 e. The van der Waals surface area contributed by atoms with E-state index in [-0.39, 0.29) is 11.5 Å². The summed E-state index contributed by atoms with van der Waals surface area (Å²) in [5.41, 5.74) is 2.60. The highest BCUT2D eigenvalue weighted by Crippen LogP contribution is 2.40. The van der Waals surface area contributed by atoms with E-state index in [1.807, 2.05) is 92.0 Å². The standard InChI is InChI=1S/C37H47NO5S/c1-37(2,3)43-36(39)38-24-32(40-25-28-16-8-4-9-17-28)33(41-26-29-18-10-5-11-19-29)34(42-27-30-20-12-6-13-21-30)35(38)44-31-22-14-7-15-23-31/h4-6,8-13,16-21,31-35H,7,14-15,22-27H2,1-3H3/t32-,33-,34+,35+/m1/s1. The van der Waals surface area contributed by atoms with Crippen molar-refractivity contribution in [1.82, 2.24) is 4.90 Å². The van der Waals surface area contributed by atoms with Crippen molar-refractivity contribution in [2.24, 2.45) is 0 Å². The number of benzene rings is 3. The van der Waals surface area contributed by atoms with Crippen LogP contribution >= 0.6 is 11.8 Å². The molecule has 3 aromatic rings. The van der Waals surface area contributed by atoms with Gasteiger partial charge >= 0.3 is 6.09 Å². The number of rotatable bonds is 11. The van der Waals surface area contributed by atoms with E-state index in [0.717, 1.165) is 29.5 Å². The molecule has 1 heterocycles. The third-order valence-corrected chi connectivity index (χ3v) is 9.70. The molecule has 44 heavy (non-hydrogen) atoms. The Morgan fingerprint density at radius 2 is 1.18 bits per heavy atom. The Kier molecular flexibility index (Phi) is 11.8. The van der Waals surface area contributed by atoms with Crippen LogP contribution < -0.4 is 0 Å². The number of thioether (sulfide) groups is 1. The molecular weight excluding hydrogens is 570 g/mol. The Bertz CT molecular complexity index is 1260. The fourth-order valence-electron chi connectivity index (χ4n) is 5.84. The maximum atomic E-state index is 13.9. The minimum atomic E-state index is -0.626. The summed E-state index contributed by atoms with van der Waals surface area (Å²) in [4.78, 5) is 15.8. The van der Waals surface area contributed by atoms with Gasteiger partial charge in [0.1, 0.15) is 29.3 Å². The number of carbonyl (C=O) groups is 1. The highest BCUT2D eigenvalue weighted by Gasteiger charge is 2.49. The Balaban J connectivity index is 1.49. The lowest BCUT2D eigenvalue weighted by Gasteiger charge is -2.49. The van der Waals surface area contributed by atoms with Crippen LogP contribution in [0.15, 0.2) is 91.0 Å². The van der Waals surface area contributed by atoms with Gasteiger partial charge in [-0.2, -0.15) is 0 Å². The third-order valence-electron chi connectivity index (χ3n) is 8.04. The summed E-state index contributed by atoms with van der Waals surface area (Å²) in [7, 11) is 0. The van der Waals surface area contributed by atoms with Gasteiger partial charge in [-0.25, -0.2) is 4.79 Å². The number of nitrogens with zero attached hydrogens (tertiary/aromatic N) is 1. The summed E-state index contributed by atoms with van der Waals surface area (Å²) in [5, 5.41) is 0.159. The van der Waals surface area contributed by atoms with Crippen LogP contribution in [0, 0.1) is 0 Å². The van der Waals surface area contributed by atoms with Crippen molar-refractivity contribution in [3.63, 3.8) is 0 Å². The first-order chi connectivity index (χ1) is 21.4. The van der Waals surface area contributed by atoms with Crippen LogP contribution in [0.2, 0.25) is 0 Å². The first kappa shape index (κ1) is 32.6. The lowest BCUT2D eigenvalue weighted by atomic mass is 10.00. The molecule has 1 saturated carbocycles. The number of ether oxygens (including phenoxy) is 4. The van der Waals surface area contributed by atoms with Crippen molar-refractivity contribution in [2.75, 3.05) is 6.54 Å². The van der Waals surface area contributed by atoms with Crippen LogP contribution in [0.5, 0.6) is 0 Å². The van der Waals surface area contributed by atoms with Crippen molar-refractivity contribution in [2.45, 2.75) is 107 Å². The Morgan fingerprint density at radius 3 is 1.68 bits per heavy atom. The summed E-state index contributed by atoms with van der Waals surface area (Å²) >= 11 is 1.85. The van der Waals surface area contributed by atoms with E-state index < -0.39 is 23.9 Å². The van der Waals surface area contributed by atoms with Gasteiger partial charge in [0.15, 0.2) is 0 Å². The Labute approximate surface area is 267 Å². The van der Waals surface area contributed by atoms with E-state index in [1.54, 1.807) is 0 Å². The number of hydrogen-bond donors (Lipinski definition) is 0. The molecule has 0 aromatic heterocycles. The molecule has 5 rings (SSSR count). The quantitative estimate of drug-likeness (QED) is 0.215. The lowest BCUT2D eigenvalue weighted by molar-refractivity contribution is -0.187. The van der Waals surface area contributed by atoms with Gasteiger partial charge in [-0.15, -0.1) is 11.8 Å². The zero-order valence-electron chi connectivity index (χ0n) is 26.3. The molecule has 1 amide bonds. The third kappa shape index (κ3) is 9.58. The van der Waals surface area contributed by atoms with Gasteiger partial charge in [-0.05, 0) is 50.3 Å². The summed E-state index contributed by atoms with van der Waals surface area (Å²) in [6, 6.07) is 30.5. The molecule has 2 fully saturated rings. The van der Waals surface area contributed by atoms with E-state index in [2.05, 4.69) is 36.4 Å². The first-order valence-electron chi connectivity index (χ1n) is 16.0. The molecule has 4 atom stereocenters. The number of likely N-dealkylation sites (tertiary alicyclic amines) is 1. The summed E-state index contributed by atoms with van der Waals surface area (Å²) in [5.74, 6) is 0. The van der Waals surface area contributed by atoms with Gasteiger partial charge in [-0.1, -0.05) is 110 Å². The van der Waals surface area contributed by atoms with Crippen LogP contribution in [-0.2, 0) is 38.8 Å². The van der Waals surface area contributed by atoms with Gasteiger partial charge in [0.05, 0.1) is 26.4 Å². The monoisotopic (exact) mass is 617 g/mol. The molecular formula is C37H47NO5S. The van der Waals surface area contributed by atoms with Crippen molar-refractivity contribution in [3.05, 3.63) is 108 Å². The normalized spacial score (nSPS) is 22.9. The lowest BCUT2D eigenvalue weighted by Crippen LogP contribution is -2.64. The molecule has 1 saturated heterocycles. The highest BCUT2D eigenvalue weighted by atomic mass is 32.2. The maximum absolute atomic E-state index is 13.9. The van der Waals surface area contributed by atoms with Gasteiger partial charge in [-0.3, -0.25) is 4.90 Å². The second kappa shape index (κ2) is 15.9. The SMILES string of the molecule is CC(C)(C)OC(=O)N1C[C@@H](OCc2ccccc2)[C@@H](OCc2ccccc2)[C@H](OCc2ccccc2)[C@@H]1SC1CCCCC1. The number of hydrogen-bond acceptors (Lipinski definition) is 6. The number of amides is 1. The predicted octanol–water partition coefficient (Wildman–Crippen LogP) is 8.39. The molecule has 0 spiro atoms. The zero-order valence-corrected chi connectivity index (χ0v) is 27.1. The largest absolute Gasteiger partial charge is 0.444 e. The molecule has 0 N–H and O–H groups in total. The molecule has 2 aliphatic rings. The second-order valence-corrected chi connectivity index (χ2v) is 14.2. The highest BCUT2D eigenvalue weighted by molar-refractivity contribution is 8.00. The maximum Gasteiger partial charge on any atom is 0.411 e. The van der Waals surface area contributed by atoms with Gasteiger partial charge in [0.2, 0.25) is 0 Å². The molecule has 6 nitrogen and oxygen atoms in total. The molecule has 1 aliphatic heterocycles. The fraction of sp³-hybridized carbons (Fsp3) is 0.486. The van der Waals surface area contributed by atoms with Crippen molar-refractivity contribution in [3.8, 4) is 0 Å². The first-order valence-corrected chi connectivity index (χ1v) is 16.9. The van der Waals surface area contributed by atoms with Gasteiger partial charge < -0.3 is 18.9 Å². The Hall–Kier alpha value is -2.84. The number of carbonyl (C=O) groups excluding carboxylic acids is 1. The van der Waals surface area contributed by atoms with E-state index >= 15 is 0 Å². The summed E-state index contributed by atoms with van der Waals surface area (Å²) < 4.78 is 26.3. The van der Waals surface area contributed by atoms with Crippen LogP contribution in [-0.4, -0.2) is 52.1 Å². The van der Waals surface area contributed by atoms with Crippen LogP contribution in [0.4, 0.5) is 4.79 Å². The van der Waals surface area contributed by atoms with E-state index in [9.17, 15) is 4.79 Å². The van der Waals surface area contributed by atoms with Gasteiger partial charge in [0.25, 0.3) is 0 Å². The van der Waals surface area contributed by atoms with Crippen LogP contribution in [0.3, 0.4) is 0 Å². The molecule has 236 valence electrons. The van der Waals surface area contributed by atoms with Crippen molar-refractivity contribution < 1.29 is 23.7 Å². The molecule has 0 bridgehead atoms. The second-order valence-electron chi connectivity index (χ2n) is 12.8. The predicted molar refractivity (Wildman–Crippen MR) is 176 cm³/mol. The topological polar surface area (TPSA) is 57.2 Å². The van der Waals surface area contributed by atoms with E-state index in [0.29, 0.717) is 31.6 Å². The van der Waals surface area contributed by atoms with Crippen LogP contribution in [0.1, 0.15) is 69.6 Å². The van der Waals surface area contributed by atoms with Crippen molar-refractivity contribution >= 4 is 17.9 Å². The molecule has 0 radical (unpaired) electrons. The molecule has 1 aliphatic carbocycles.